The molecule has 8 heteroatoms. The quantitative estimate of drug-likeness (QED) is 0.450. The predicted molar refractivity (Wildman–Crippen MR) is 106 cm³/mol. The Morgan fingerprint density at radius 2 is 1.86 bits per heavy atom. The van der Waals surface area contributed by atoms with Crippen molar-refractivity contribution in [2.45, 2.75) is 13.2 Å². The fraction of sp³-hybridized carbons (Fsp3) is 0.250. The van der Waals surface area contributed by atoms with E-state index in [0.717, 1.165) is 5.56 Å². The lowest BCUT2D eigenvalue weighted by Crippen LogP contribution is -2.32. The Kier molecular flexibility index (Phi) is 6.33. The average molecular weight is 400 g/mol. The molecule has 0 aliphatic carbocycles. The van der Waals surface area contributed by atoms with Gasteiger partial charge in [0.25, 0.3) is 0 Å². The average Bonchev–Trinajstić information content (AvgIpc) is 2.97. The van der Waals surface area contributed by atoms with Crippen molar-refractivity contribution in [2.24, 2.45) is 7.05 Å². The van der Waals surface area contributed by atoms with E-state index in [0.29, 0.717) is 22.7 Å². The highest BCUT2D eigenvalue weighted by Crippen LogP contribution is 2.21. The molecule has 2 aromatic carbocycles. The van der Waals surface area contributed by atoms with Gasteiger partial charge >= 0.3 is 5.97 Å². The summed E-state index contributed by atoms with van der Waals surface area (Å²) in [6.07, 6.45) is 0. The molecule has 3 rings (SSSR count). The molecule has 3 aromatic rings. The van der Waals surface area contributed by atoms with Gasteiger partial charge < -0.3 is 9.30 Å². The molecule has 0 amide bonds. The Morgan fingerprint density at radius 1 is 1.18 bits per heavy atom. The summed E-state index contributed by atoms with van der Waals surface area (Å²) < 4.78 is 22.7. The topological polar surface area (TPSA) is 52.3 Å². The second-order valence-electron chi connectivity index (χ2n) is 6.33. The number of benzene rings is 2. The van der Waals surface area contributed by atoms with Crippen molar-refractivity contribution in [2.75, 3.05) is 13.7 Å². The van der Waals surface area contributed by atoms with Crippen LogP contribution >= 0.6 is 12.2 Å². The van der Waals surface area contributed by atoms with Crippen LogP contribution in [-0.4, -0.2) is 38.9 Å². The number of rotatable bonds is 7. The normalized spacial score (nSPS) is 11.0. The molecule has 0 saturated heterocycles. The van der Waals surface area contributed by atoms with Gasteiger partial charge in [-0.3, -0.25) is 9.69 Å². The van der Waals surface area contributed by atoms with Gasteiger partial charge in [-0.05, 0) is 29.9 Å². The standard InChI is InChI=1S/C20H21FN4O2S/c1-23-19(16-10-6-7-11-17(16)21)22-25(20(23)28)14-24(13-18(26)27-2)12-15-8-4-3-5-9-15/h3-11H,12-14H2,1-2H3. The lowest BCUT2D eigenvalue weighted by atomic mass is 10.2. The number of halogens is 1. The molecule has 6 nitrogen and oxygen atoms in total. The van der Waals surface area contributed by atoms with Crippen LogP contribution in [0.1, 0.15) is 5.56 Å². The first kappa shape index (κ1) is 19.9. The molecule has 0 aliphatic rings. The molecule has 0 atom stereocenters. The zero-order chi connectivity index (χ0) is 20.1. The van der Waals surface area contributed by atoms with Crippen molar-refractivity contribution in [3.05, 3.63) is 70.7 Å². The molecule has 1 heterocycles. The van der Waals surface area contributed by atoms with Crippen molar-refractivity contribution in [1.82, 2.24) is 19.2 Å². The van der Waals surface area contributed by atoms with Gasteiger partial charge in [0.2, 0.25) is 0 Å². The number of carbonyl (C=O) groups is 1. The van der Waals surface area contributed by atoms with Crippen LogP contribution in [-0.2, 0) is 29.8 Å². The summed E-state index contributed by atoms with van der Waals surface area (Å²) in [6.45, 7) is 0.868. The van der Waals surface area contributed by atoms with Crippen LogP contribution < -0.4 is 0 Å². The van der Waals surface area contributed by atoms with E-state index in [9.17, 15) is 9.18 Å². The highest BCUT2D eigenvalue weighted by atomic mass is 32.1. The SMILES string of the molecule is COC(=O)CN(Cc1ccccc1)Cn1nc(-c2ccccc2F)n(C)c1=S. The maximum atomic E-state index is 14.2. The fourth-order valence-corrected chi connectivity index (χ4v) is 3.08. The van der Waals surface area contributed by atoms with Gasteiger partial charge in [0.05, 0.1) is 25.9 Å². The Morgan fingerprint density at radius 3 is 2.54 bits per heavy atom. The summed E-state index contributed by atoms with van der Waals surface area (Å²) in [6, 6.07) is 16.2. The van der Waals surface area contributed by atoms with Gasteiger partial charge in [0.15, 0.2) is 10.6 Å². The summed E-state index contributed by atoms with van der Waals surface area (Å²) in [7, 11) is 3.10. The summed E-state index contributed by atoms with van der Waals surface area (Å²) in [5.41, 5.74) is 1.42. The van der Waals surface area contributed by atoms with Crippen LogP contribution in [0.25, 0.3) is 11.4 Å². The van der Waals surface area contributed by atoms with E-state index in [1.807, 2.05) is 35.2 Å². The van der Waals surface area contributed by atoms with E-state index < -0.39 is 0 Å². The van der Waals surface area contributed by atoms with Gasteiger partial charge in [-0.15, -0.1) is 0 Å². The summed E-state index contributed by atoms with van der Waals surface area (Å²) in [4.78, 5) is 13.7. The Hall–Kier alpha value is -2.84. The number of hydrogen-bond donors (Lipinski definition) is 0. The molecule has 28 heavy (non-hydrogen) atoms. The molecular formula is C20H21FN4O2S. The van der Waals surface area contributed by atoms with Crippen molar-refractivity contribution in [3.63, 3.8) is 0 Å². The number of esters is 1. The summed E-state index contributed by atoms with van der Waals surface area (Å²) in [5.74, 6) is -0.290. The molecule has 0 aliphatic heterocycles. The van der Waals surface area contributed by atoms with Crippen LogP contribution in [0.4, 0.5) is 4.39 Å². The molecule has 146 valence electrons. The number of nitrogens with zero attached hydrogens (tertiary/aromatic N) is 4. The minimum atomic E-state index is -0.367. The largest absolute Gasteiger partial charge is 0.468 e. The molecule has 0 N–H and O–H groups in total. The van der Waals surface area contributed by atoms with Gasteiger partial charge in [-0.1, -0.05) is 42.5 Å². The fourth-order valence-electron chi connectivity index (χ4n) is 2.89. The van der Waals surface area contributed by atoms with E-state index >= 15 is 0 Å². The Labute approximate surface area is 167 Å². The van der Waals surface area contributed by atoms with Gasteiger partial charge in [0.1, 0.15) is 5.82 Å². The first-order chi connectivity index (χ1) is 13.5. The minimum absolute atomic E-state index is 0.0821. The van der Waals surface area contributed by atoms with E-state index in [1.165, 1.54) is 13.2 Å². The van der Waals surface area contributed by atoms with Gasteiger partial charge in [-0.25, -0.2) is 9.07 Å². The van der Waals surface area contributed by atoms with Crippen molar-refractivity contribution >= 4 is 18.2 Å². The number of hydrogen-bond acceptors (Lipinski definition) is 5. The molecule has 0 radical (unpaired) electrons. The van der Waals surface area contributed by atoms with Crippen LogP contribution in [0.2, 0.25) is 0 Å². The molecular weight excluding hydrogens is 379 g/mol. The lowest BCUT2D eigenvalue weighted by Gasteiger charge is -2.20. The molecule has 0 unspecified atom stereocenters. The van der Waals surface area contributed by atoms with Gasteiger partial charge in [-0.2, -0.15) is 5.10 Å². The zero-order valence-electron chi connectivity index (χ0n) is 15.7. The second-order valence-corrected chi connectivity index (χ2v) is 6.70. The Balaban J connectivity index is 1.90. The van der Waals surface area contributed by atoms with Crippen molar-refractivity contribution in [1.29, 1.82) is 0 Å². The smallest absolute Gasteiger partial charge is 0.319 e. The monoisotopic (exact) mass is 400 g/mol. The van der Waals surface area contributed by atoms with Crippen LogP contribution in [0.5, 0.6) is 0 Å². The van der Waals surface area contributed by atoms with E-state index in [2.05, 4.69) is 5.10 Å². The maximum Gasteiger partial charge on any atom is 0.319 e. The molecule has 0 fully saturated rings. The van der Waals surface area contributed by atoms with E-state index in [4.69, 9.17) is 17.0 Å². The second kappa shape index (κ2) is 8.90. The van der Waals surface area contributed by atoms with Crippen LogP contribution in [0.15, 0.2) is 54.6 Å². The summed E-state index contributed by atoms with van der Waals surface area (Å²) >= 11 is 5.48. The Bertz CT molecular complexity index is 1020. The highest BCUT2D eigenvalue weighted by molar-refractivity contribution is 7.71. The van der Waals surface area contributed by atoms with Crippen LogP contribution in [0, 0.1) is 10.6 Å². The highest BCUT2D eigenvalue weighted by Gasteiger charge is 2.17. The lowest BCUT2D eigenvalue weighted by molar-refractivity contribution is -0.142. The third-order valence-electron chi connectivity index (χ3n) is 4.32. The van der Waals surface area contributed by atoms with Crippen LogP contribution in [0.3, 0.4) is 0 Å². The van der Waals surface area contributed by atoms with Gasteiger partial charge in [0, 0.05) is 13.6 Å². The third kappa shape index (κ3) is 4.52. The minimum Gasteiger partial charge on any atom is -0.468 e. The first-order valence-electron chi connectivity index (χ1n) is 8.71. The predicted octanol–water partition coefficient (Wildman–Crippen LogP) is 3.39. The maximum absolute atomic E-state index is 14.2. The molecule has 0 spiro atoms. The molecule has 0 bridgehead atoms. The van der Waals surface area contributed by atoms with E-state index in [1.54, 1.807) is 34.5 Å². The number of methoxy groups -OCH3 is 1. The number of aromatic nitrogens is 3. The van der Waals surface area contributed by atoms with Crippen molar-refractivity contribution < 1.29 is 13.9 Å². The zero-order valence-corrected chi connectivity index (χ0v) is 16.5. The first-order valence-corrected chi connectivity index (χ1v) is 9.12. The number of ether oxygens (including phenoxy) is 1. The summed E-state index contributed by atoms with van der Waals surface area (Å²) in [5, 5.41) is 4.50. The van der Waals surface area contributed by atoms with E-state index in [-0.39, 0.29) is 25.0 Å². The van der Waals surface area contributed by atoms with Crippen molar-refractivity contribution in [3.8, 4) is 11.4 Å². The molecule has 1 aromatic heterocycles. The third-order valence-corrected chi connectivity index (χ3v) is 4.80. The number of carbonyl (C=O) groups excluding carboxylic acids is 1. The molecule has 0 saturated carbocycles.